The fraction of sp³-hybridized carbons (Fsp3) is 0.333. The van der Waals surface area contributed by atoms with E-state index in [1.165, 1.54) is 16.7 Å². The van der Waals surface area contributed by atoms with Gasteiger partial charge in [-0.2, -0.15) is 11.8 Å². The van der Waals surface area contributed by atoms with Crippen LogP contribution in [-0.4, -0.2) is 12.9 Å². The predicted molar refractivity (Wildman–Crippen MR) is 89.9 cm³/mol. The summed E-state index contributed by atoms with van der Waals surface area (Å²) in [6.07, 6.45) is 0. The number of nitrogens with one attached hydrogen (secondary N) is 1. The van der Waals surface area contributed by atoms with E-state index in [0.29, 0.717) is 12.1 Å². The number of benzene rings is 2. The van der Waals surface area contributed by atoms with Gasteiger partial charge in [-0.1, -0.05) is 36.4 Å². The molecular weight excluding hydrogens is 278 g/mol. The molecule has 21 heavy (non-hydrogen) atoms. The largest absolute Gasteiger partial charge is 0.497 e. The molecule has 110 valence electrons. The van der Waals surface area contributed by atoms with Gasteiger partial charge < -0.3 is 10.1 Å². The Kier molecular flexibility index (Phi) is 4.51. The number of fused-ring (bicyclic) bond motifs is 1. The molecule has 0 radical (unpaired) electrons. The molecule has 0 bridgehead atoms. The quantitative estimate of drug-likeness (QED) is 0.907. The number of hydrogen-bond acceptors (Lipinski definition) is 3. The van der Waals surface area contributed by atoms with E-state index in [1.807, 2.05) is 17.8 Å². The zero-order chi connectivity index (χ0) is 14.7. The van der Waals surface area contributed by atoms with Crippen LogP contribution in [-0.2, 0) is 5.75 Å². The first-order chi connectivity index (χ1) is 10.3. The van der Waals surface area contributed by atoms with Crippen molar-refractivity contribution in [1.29, 1.82) is 0 Å². The first-order valence-corrected chi connectivity index (χ1v) is 8.49. The molecule has 0 saturated carbocycles. The first-order valence-electron chi connectivity index (χ1n) is 7.33. The highest BCUT2D eigenvalue weighted by atomic mass is 32.2. The lowest BCUT2D eigenvalue weighted by Gasteiger charge is -2.29. The third kappa shape index (κ3) is 3.25. The normalized spacial score (nSPS) is 18.9. The Morgan fingerprint density at radius 1 is 1.19 bits per heavy atom. The summed E-state index contributed by atoms with van der Waals surface area (Å²) in [7, 11) is 1.71. The van der Waals surface area contributed by atoms with E-state index in [4.69, 9.17) is 4.74 Å². The fourth-order valence-corrected chi connectivity index (χ4v) is 3.94. The molecule has 0 aromatic heterocycles. The van der Waals surface area contributed by atoms with Crippen LogP contribution in [0.2, 0.25) is 0 Å². The van der Waals surface area contributed by atoms with E-state index in [1.54, 1.807) is 7.11 Å². The van der Waals surface area contributed by atoms with Crippen molar-refractivity contribution in [1.82, 2.24) is 5.32 Å². The van der Waals surface area contributed by atoms with Gasteiger partial charge in [0.05, 0.1) is 7.11 Å². The SMILES string of the molecule is COc1cccc(C(C)NC2CSCc3ccccc32)c1. The minimum atomic E-state index is 0.303. The smallest absolute Gasteiger partial charge is 0.119 e. The van der Waals surface area contributed by atoms with Crippen LogP contribution in [0.3, 0.4) is 0 Å². The minimum Gasteiger partial charge on any atom is -0.497 e. The van der Waals surface area contributed by atoms with Gasteiger partial charge in [0.25, 0.3) is 0 Å². The van der Waals surface area contributed by atoms with Gasteiger partial charge >= 0.3 is 0 Å². The van der Waals surface area contributed by atoms with E-state index in [2.05, 4.69) is 54.7 Å². The van der Waals surface area contributed by atoms with Crippen LogP contribution in [0, 0.1) is 0 Å². The third-order valence-corrected chi connectivity index (χ3v) is 5.10. The van der Waals surface area contributed by atoms with Crippen molar-refractivity contribution in [3.63, 3.8) is 0 Å². The number of rotatable bonds is 4. The molecule has 1 heterocycles. The zero-order valence-corrected chi connectivity index (χ0v) is 13.3. The highest BCUT2D eigenvalue weighted by Crippen LogP contribution is 2.33. The maximum Gasteiger partial charge on any atom is 0.119 e. The van der Waals surface area contributed by atoms with Crippen molar-refractivity contribution in [2.45, 2.75) is 24.8 Å². The molecule has 2 aromatic carbocycles. The summed E-state index contributed by atoms with van der Waals surface area (Å²) in [5.41, 5.74) is 4.18. The Hall–Kier alpha value is -1.45. The lowest BCUT2D eigenvalue weighted by Crippen LogP contribution is -2.29. The van der Waals surface area contributed by atoms with Gasteiger partial charge in [0.2, 0.25) is 0 Å². The molecule has 0 spiro atoms. The van der Waals surface area contributed by atoms with Crippen LogP contribution in [0.4, 0.5) is 0 Å². The minimum absolute atomic E-state index is 0.303. The van der Waals surface area contributed by atoms with Crippen LogP contribution in [0.5, 0.6) is 5.75 Å². The van der Waals surface area contributed by atoms with E-state index in [-0.39, 0.29) is 0 Å². The number of thioether (sulfide) groups is 1. The van der Waals surface area contributed by atoms with Gasteiger partial charge in [-0.25, -0.2) is 0 Å². The second kappa shape index (κ2) is 6.54. The predicted octanol–water partition coefficient (Wildman–Crippen LogP) is 4.33. The summed E-state index contributed by atoms with van der Waals surface area (Å²) < 4.78 is 5.32. The molecule has 0 fully saturated rings. The summed E-state index contributed by atoms with van der Waals surface area (Å²) in [5, 5.41) is 3.77. The Morgan fingerprint density at radius 3 is 2.90 bits per heavy atom. The molecule has 3 heteroatoms. The molecule has 2 unspecified atom stereocenters. The van der Waals surface area contributed by atoms with Crippen molar-refractivity contribution in [2.24, 2.45) is 0 Å². The summed E-state index contributed by atoms with van der Waals surface area (Å²) in [5.74, 6) is 3.17. The lowest BCUT2D eigenvalue weighted by atomic mass is 10.00. The average Bonchev–Trinajstić information content (AvgIpc) is 2.55. The molecule has 0 saturated heterocycles. The van der Waals surface area contributed by atoms with Crippen LogP contribution in [0.25, 0.3) is 0 Å². The van der Waals surface area contributed by atoms with Crippen LogP contribution in [0.15, 0.2) is 48.5 Å². The summed E-state index contributed by atoms with van der Waals surface area (Å²) >= 11 is 2.00. The number of ether oxygens (including phenoxy) is 1. The van der Waals surface area contributed by atoms with Crippen molar-refractivity contribution >= 4 is 11.8 Å². The van der Waals surface area contributed by atoms with Crippen LogP contribution >= 0.6 is 11.8 Å². The summed E-state index contributed by atoms with van der Waals surface area (Å²) in [6, 6.07) is 17.8. The molecule has 1 aliphatic rings. The molecule has 2 atom stereocenters. The molecule has 2 aromatic rings. The van der Waals surface area contributed by atoms with Gasteiger partial charge in [-0.05, 0) is 35.7 Å². The Labute approximate surface area is 130 Å². The Bertz CT molecular complexity index is 614. The molecule has 1 N–H and O–H groups in total. The molecule has 1 aliphatic heterocycles. The van der Waals surface area contributed by atoms with Gasteiger partial charge in [-0.3, -0.25) is 0 Å². The molecule has 3 rings (SSSR count). The number of hydrogen-bond donors (Lipinski definition) is 1. The Balaban J connectivity index is 1.77. The van der Waals surface area contributed by atoms with Gasteiger partial charge in [-0.15, -0.1) is 0 Å². The van der Waals surface area contributed by atoms with E-state index < -0.39 is 0 Å². The van der Waals surface area contributed by atoms with Crippen LogP contribution < -0.4 is 10.1 Å². The molecule has 0 amide bonds. The third-order valence-electron chi connectivity index (χ3n) is 4.02. The summed E-state index contributed by atoms with van der Waals surface area (Å²) in [4.78, 5) is 0. The molecule has 2 nitrogen and oxygen atoms in total. The topological polar surface area (TPSA) is 21.3 Å². The van der Waals surface area contributed by atoms with E-state index >= 15 is 0 Å². The monoisotopic (exact) mass is 299 g/mol. The summed E-state index contributed by atoms with van der Waals surface area (Å²) in [6.45, 7) is 2.22. The van der Waals surface area contributed by atoms with Crippen molar-refractivity contribution in [2.75, 3.05) is 12.9 Å². The van der Waals surface area contributed by atoms with E-state index in [9.17, 15) is 0 Å². The second-order valence-corrected chi connectivity index (χ2v) is 6.46. The Morgan fingerprint density at radius 2 is 2.05 bits per heavy atom. The maximum atomic E-state index is 5.32. The highest BCUT2D eigenvalue weighted by Gasteiger charge is 2.21. The van der Waals surface area contributed by atoms with Crippen molar-refractivity contribution < 1.29 is 4.74 Å². The maximum absolute atomic E-state index is 5.32. The van der Waals surface area contributed by atoms with Gasteiger partial charge in [0, 0.05) is 23.6 Å². The van der Waals surface area contributed by atoms with Crippen molar-refractivity contribution in [3.8, 4) is 5.75 Å². The molecular formula is C18H21NOS. The van der Waals surface area contributed by atoms with Gasteiger partial charge in [0.1, 0.15) is 5.75 Å². The molecule has 0 aliphatic carbocycles. The van der Waals surface area contributed by atoms with Gasteiger partial charge in [0.15, 0.2) is 0 Å². The first kappa shape index (κ1) is 14.5. The number of methoxy groups -OCH3 is 1. The highest BCUT2D eigenvalue weighted by molar-refractivity contribution is 7.98. The lowest BCUT2D eigenvalue weighted by molar-refractivity contribution is 0.412. The van der Waals surface area contributed by atoms with E-state index in [0.717, 1.165) is 17.3 Å². The second-order valence-electron chi connectivity index (χ2n) is 5.43. The average molecular weight is 299 g/mol. The standard InChI is InChI=1S/C18H21NOS/c1-13(14-7-5-8-16(10-14)20-2)19-18-12-21-11-15-6-3-4-9-17(15)18/h3-10,13,18-19H,11-12H2,1-2H3. The zero-order valence-electron chi connectivity index (χ0n) is 12.5. The fourth-order valence-electron chi connectivity index (χ4n) is 2.83. The van der Waals surface area contributed by atoms with Crippen molar-refractivity contribution in [3.05, 3.63) is 65.2 Å². The van der Waals surface area contributed by atoms with Crippen LogP contribution in [0.1, 0.15) is 35.7 Å².